The number of benzene rings is 1. The van der Waals surface area contributed by atoms with E-state index in [0.717, 1.165) is 0 Å². The lowest BCUT2D eigenvalue weighted by Crippen LogP contribution is -2.19. The Morgan fingerprint density at radius 2 is 2.11 bits per heavy atom. The van der Waals surface area contributed by atoms with Crippen LogP contribution in [-0.2, 0) is 4.79 Å². The molecule has 0 aliphatic rings. The van der Waals surface area contributed by atoms with Crippen LogP contribution in [0.3, 0.4) is 0 Å². The molecule has 1 rings (SSSR count). The Kier molecular flexibility index (Phi) is 4.85. The van der Waals surface area contributed by atoms with Crippen molar-refractivity contribution in [2.45, 2.75) is 11.8 Å². The SMILES string of the molecule is CNC(=O)CSc1ccc([N+](=O)[O-])cc1C(C)=O. The summed E-state index contributed by atoms with van der Waals surface area (Å²) < 4.78 is 0. The lowest BCUT2D eigenvalue weighted by atomic mass is 10.1. The third kappa shape index (κ3) is 3.56. The summed E-state index contributed by atoms with van der Waals surface area (Å²) in [5.74, 6) is -0.278. The summed E-state index contributed by atoms with van der Waals surface area (Å²) in [4.78, 5) is 33.2. The van der Waals surface area contributed by atoms with Crippen LogP contribution in [0.2, 0.25) is 0 Å². The monoisotopic (exact) mass is 268 g/mol. The minimum atomic E-state index is -0.556. The van der Waals surface area contributed by atoms with Gasteiger partial charge in [0.05, 0.1) is 10.7 Å². The molecule has 0 aliphatic carbocycles. The number of Topliss-reactive ketones (excluding diaryl/α,β-unsaturated/α-hetero) is 1. The summed E-state index contributed by atoms with van der Waals surface area (Å²) in [5, 5.41) is 13.1. The fraction of sp³-hybridized carbons (Fsp3) is 0.273. The predicted molar refractivity (Wildman–Crippen MR) is 67.9 cm³/mol. The second-order valence-corrected chi connectivity index (χ2v) is 4.47. The molecule has 0 fully saturated rings. The highest BCUT2D eigenvalue weighted by Gasteiger charge is 2.14. The van der Waals surface area contributed by atoms with Gasteiger partial charge in [0, 0.05) is 29.6 Å². The molecule has 7 heteroatoms. The molecule has 18 heavy (non-hydrogen) atoms. The maximum absolute atomic E-state index is 11.4. The van der Waals surface area contributed by atoms with Crippen molar-refractivity contribution in [3.8, 4) is 0 Å². The van der Waals surface area contributed by atoms with E-state index in [4.69, 9.17) is 0 Å². The molecule has 1 N–H and O–H groups in total. The van der Waals surface area contributed by atoms with Crippen molar-refractivity contribution in [1.82, 2.24) is 5.32 Å². The highest BCUT2D eigenvalue weighted by Crippen LogP contribution is 2.27. The lowest BCUT2D eigenvalue weighted by Gasteiger charge is -2.06. The van der Waals surface area contributed by atoms with Crippen molar-refractivity contribution >= 4 is 29.1 Å². The molecule has 0 aliphatic heterocycles. The fourth-order valence-electron chi connectivity index (χ4n) is 1.25. The van der Waals surface area contributed by atoms with Crippen molar-refractivity contribution in [3.05, 3.63) is 33.9 Å². The zero-order valence-electron chi connectivity index (χ0n) is 9.93. The third-order valence-electron chi connectivity index (χ3n) is 2.19. The summed E-state index contributed by atoms with van der Waals surface area (Å²) >= 11 is 1.17. The van der Waals surface area contributed by atoms with E-state index in [1.165, 1.54) is 43.9 Å². The Balaban J connectivity index is 3.00. The van der Waals surface area contributed by atoms with Crippen molar-refractivity contribution < 1.29 is 14.5 Å². The zero-order chi connectivity index (χ0) is 13.7. The lowest BCUT2D eigenvalue weighted by molar-refractivity contribution is -0.384. The molecule has 0 spiro atoms. The first-order valence-electron chi connectivity index (χ1n) is 5.08. The van der Waals surface area contributed by atoms with Gasteiger partial charge in [0.15, 0.2) is 5.78 Å². The van der Waals surface area contributed by atoms with Gasteiger partial charge in [-0.25, -0.2) is 0 Å². The molecule has 0 saturated carbocycles. The van der Waals surface area contributed by atoms with E-state index in [1.807, 2.05) is 0 Å². The second kappa shape index (κ2) is 6.15. The molecular formula is C11H12N2O4S. The number of nitro groups is 1. The number of nitrogens with one attached hydrogen (secondary N) is 1. The van der Waals surface area contributed by atoms with Gasteiger partial charge in [-0.2, -0.15) is 0 Å². The molecule has 1 aromatic rings. The Labute approximate surface area is 108 Å². The smallest absolute Gasteiger partial charge is 0.270 e. The topological polar surface area (TPSA) is 89.3 Å². The third-order valence-corrected chi connectivity index (χ3v) is 3.26. The quantitative estimate of drug-likeness (QED) is 0.379. The number of hydrogen-bond acceptors (Lipinski definition) is 5. The van der Waals surface area contributed by atoms with Gasteiger partial charge in [-0.1, -0.05) is 0 Å². The number of carbonyl (C=O) groups excluding carboxylic acids is 2. The maximum Gasteiger partial charge on any atom is 0.270 e. The number of nitrogens with zero attached hydrogens (tertiary/aromatic N) is 1. The summed E-state index contributed by atoms with van der Waals surface area (Å²) in [7, 11) is 1.52. The number of rotatable bonds is 5. The number of nitro benzene ring substituents is 1. The molecule has 0 atom stereocenters. The molecule has 0 unspecified atom stereocenters. The minimum Gasteiger partial charge on any atom is -0.358 e. The number of carbonyl (C=O) groups is 2. The van der Waals surface area contributed by atoms with Crippen LogP contribution >= 0.6 is 11.8 Å². The molecule has 0 radical (unpaired) electrons. The summed E-state index contributed by atoms with van der Waals surface area (Å²) in [5.41, 5.74) is 0.127. The van der Waals surface area contributed by atoms with Crippen LogP contribution in [0.4, 0.5) is 5.69 Å². The molecular weight excluding hydrogens is 256 g/mol. The van der Waals surface area contributed by atoms with Gasteiger partial charge in [-0.05, 0) is 13.0 Å². The van der Waals surface area contributed by atoms with Crippen LogP contribution in [0.1, 0.15) is 17.3 Å². The Morgan fingerprint density at radius 3 is 2.61 bits per heavy atom. The highest BCUT2D eigenvalue weighted by atomic mass is 32.2. The molecule has 1 aromatic carbocycles. The van der Waals surface area contributed by atoms with Crippen LogP contribution in [0.25, 0.3) is 0 Å². The first-order valence-corrected chi connectivity index (χ1v) is 6.07. The molecule has 1 amide bonds. The van der Waals surface area contributed by atoms with Crippen molar-refractivity contribution in [2.24, 2.45) is 0 Å². The number of ketones is 1. The molecule has 6 nitrogen and oxygen atoms in total. The average molecular weight is 268 g/mol. The van der Waals surface area contributed by atoms with Crippen molar-refractivity contribution in [2.75, 3.05) is 12.8 Å². The maximum atomic E-state index is 11.4. The van der Waals surface area contributed by atoms with Crippen LogP contribution in [0.5, 0.6) is 0 Å². The fourth-order valence-corrected chi connectivity index (χ4v) is 2.20. The summed E-state index contributed by atoms with van der Waals surface area (Å²) in [6.07, 6.45) is 0. The normalized spacial score (nSPS) is 9.89. The Bertz CT molecular complexity index is 502. The number of hydrogen-bond donors (Lipinski definition) is 1. The largest absolute Gasteiger partial charge is 0.358 e. The van der Waals surface area contributed by atoms with E-state index in [1.54, 1.807) is 0 Å². The summed E-state index contributed by atoms with van der Waals surface area (Å²) in [6, 6.07) is 4.04. The van der Waals surface area contributed by atoms with Gasteiger partial charge in [0.2, 0.25) is 5.91 Å². The molecule has 0 saturated heterocycles. The summed E-state index contributed by atoms with van der Waals surface area (Å²) in [6.45, 7) is 1.34. The number of amides is 1. The first-order chi connectivity index (χ1) is 8.45. The van der Waals surface area contributed by atoms with Gasteiger partial charge in [0.25, 0.3) is 5.69 Å². The van der Waals surface area contributed by atoms with Crippen LogP contribution in [0.15, 0.2) is 23.1 Å². The van der Waals surface area contributed by atoms with E-state index >= 15 is 0 Å². The molecule has 0 aromatic heterocycles. The molecule has 96 valence electrons. The molecule has 0 bridgehead atoms. The van der Waals surface area contributed by atoms with Gasteiger partial charge in [-0.3, -0.25) is 19.7 Å². The number of non-ortho nitro benzene ring substituents is 1. The van der Waals surface area contributed by atoms with Gasteiger partial charge in [0.1, 0.15) is 0 Å². The van der Waals surface area contributed by atoms with Gasteiger partial charge in [-0.15, -0.1) is 11.8 Å². The van der Waals surface area contributed by atoms with E-state index in [-0.39, 0.29) is 28.7 Å². The Hall–Kier alpha value is -1.89. The predicted octanol–water partition coefficient (Wildman–Crippen LogP) is 1.64. The van der Waals surface area contributed by atoms with E-state index in [0.29, 0.717) is 4.90 Å². The first kappa shape index (κ1) is 14.2. The van der Waals surface area contributed by atoms with Crippen LogP contribution in [0, 0.1) is 10.1 Å². The average Bonchev–Trinajstić information content (AvgIpc) is 2.35. The minimum absolute atomic E-state index is 0.135. The molecule has 0 heterocycles. The zero-order valence-corrected chi connectivity index (χ0v) is 10.7. The van der Waals surface area contributed by atoms with Gasteiger partial charge < -0.3 is 5.32 Å². The van der Waals surface area contributed by atoms with Crippen molar-refractivity contribution in [1.29, 1.82) is 0 Å². The number of thioether (sulfide) groups is 1. The standard InChI is InChI=1S/C11H12N2O4S/c1-7(14)9-5-8(13(16)17)3-4-10(9)18-6-11(15)12-2/h3-5H,6H2,1-2H3,(H,12,15). The van der Waals surface area contributed by atoms with E-state index < -0.39 is 4.92 Å². The van der Waals surface area contributed by atoms with Gasteiger partial charge >= 0.3 is 0 Å². The highest BCUT2D eigenvalue weighted by molar-refractivity contribution is 8.00. The second-order valence-electron chi connectivity index (χ2n) is 3.46. The van der Waals surface area contributed by atoms with Crippen molar-refractivity contribution in [3.63, 3.8) is 0 Å². The van der Waals surface area contributed by atoms with Crippen LogP contribution in [-0.4, -0.2) is 29.4 Å². The van der Waals surface area contributed by atoms with E-state index in [9.17, 15) is 19.7 Å². The van der Waals surface area contributed by atoms with Crippen LogP contribution < -0.4 is 5.32 Å². The Morgan fingerprint density at radius 1 is 1.44 bits per heavy atom. The van der Waals surface area contributed by atoms with E-state index in [2.05, 4.69) is 5.32 Å².